The first-order chi connectivity index (χ1) is 6.27. The molecule has 1 fully saturated rings. The lowest BCUT2D eigenvalue weighted by Gasteiger charge is -2.05. The number of aryl methyl sites for hydroxylation is 1. The summed E-state index contributed by atoms with van der Waals surface area (Å²) in [6.07, 6.45) is 4.51. The molecule has 0 aliphatic heterocycles. The normalized spacial score (nSPS) is 22.5. The summed E-state index contributed by atoms with van der Waals surface area (Å²) in [5, 5.41) is 0.177. The van der Waals surface area contributed by atoms with Gasteiger partial charge in [0.2, 0.25) is 0 Å². The lowest BCUT2D eigenvalue weighted by Crippen LogP contribution is -2.07. The number of thioether (sulfide) groups is 1. The van der Waals surface area contributed by atoms with Crippen molar-refractivity contribution in [3.05, 3.63) is 18.1 Å². The van der Waals surface area contributed by atoms with Gasteiger partial charge in [0, 0.05) is 11.3 Å². The number of ketones is 1. The second-order valence-corrected chi connectivity index (χ2v) is 4.55. The van der Waals surface area contributed by atoms with Crippen LogP contribution < -0.4 is 0 Å². The predicted molar refractivity (Wildman–Crippen MR) is 51.9 cm³/mol. The van der Waals surface area contributed by atoms with Crippen LogP contribution in [0.4, 0.5) is 0 Å². The SMILES string of the molecule is Cc1occc1SC1CCCC1=O. The van der Waals surface area contributed by atoms with Crippen LogP contribution >= 0.6 is 11.8 Å². The van der Waals surface area contributed by atoms with Crippen molar-refractivity contribution in [1.29, 1.82) is 0 Å². The van der Waals surface area contributed by atoms with Crippen LogP contribution in [0.1, 0.15) is 25.0 Å². The van der Waals surface area contributed by atoms with Crippen molar-refractivity contribution in [1.82, 2.24) is 0 Å². The van der Waals surface area contributed by atoms with E-state index in [0.29, 0.717) is 5.78 Å². The van der Waals surface area contributed by atoms with E-state index in [1.54, 1.807) is 18.0 Å². The van der Waals surface area contributed by atoms with E-state index < -0.39 is 0 Å². The minimum atomic E-state index is 0.177. The van der Waals surface area contributed by atoms with E-state index in [-0.39, 0.29) is 5.25 Å². The molecule has 3 heteroatoms. The molecule has 1 aliphatic carbocycles. The highest BCUT2D eigenvalue weighted by molar-refractivity contribution is 8.00. The van der Waals surface area contributed by atoms with Crippen molar-refractivity contribution < 1.29 is 9.21 Å². The number of rotatable bonds is 2. The minimum Gasteiger partial charge on any atom is -0.468 e. The van der Waals surface area contributed by atoms with Crippen LogP contribution in [-0.4, -0.2) is 11.0 Å². The molecule has 2 nitrogen and oxygen atoms in total. The molecule has 1 aromatic rings. The highest BCUT2D eigenvalue weighted by atomic mass is 32.2. The summed E-state index contributed by atoms with van der Waals surface area (Å²) in [5.41, 5.74) is 0. The van der Waals surface area contributed by atoms with E-state index in [1.165, 1.54) is 0 Å². The lowest BCUT2D eigenvalue weighted by molar-refractivity contribution is -0.116. The first-order valence-corrected chi connectivity index (χ1v) is 5.39. The molecule has 1 heterocycles. The Balaban J connectivity index is 2.06. The van der Waals surface area contributed by atoms with Gasteiger partial charge in [0.25, 0.3) is 0 Å². The molecule has 0 spiro atoms. The average molecular weight is 196 g/mol. The summed E-state index contributed by atoms with van der Waals surface area (Å²) in [7, 11) is 0. The first kappa shape index (κ1) is 8.88. The number of hydrogen-bond acceptors (Lipinski definition) is 3. The highest BCUT2D eigenvalue weighted by Gasteiger charge is 2.25. The lowest BCUT2D eigenvalue weighted by atomic mass is 10.3. The van der Waals surface area contributed by atoms with Gasteiger partial charge in [0.15, 0.2) is 0 Å². The van der Waals surface area contributed by atoms with E-state index in [0.717, 1.165) is 29.9 Å². The Morgan fingerprint density at radius 3 is 3.00 bits per heavy atom. The summed E-state index contributed by atoms with van der Waals surface area (Å²) in [5.74, 6) is 1.32. The maximum atomic E-state index is 11.4. The number of carbonyl (C=O) groups excluding carboxylic acids is 1. The molecule has 1 unspecified atom stereocenters. The van der Waals surface area contributed by atoms with Gasteiger partial charge in [-0.3, -0.25) is 4.79 Å². The summed E-state index contributed by atoms with van der Waals surface area (Å²) in [6.45, 7) is 1.93. The van der Waals surface area contributed by atoms with Crippen molar-refractivity contribution in [2.45, 2.75) is 36.3 Å². The van der Waals surface area contributed by atoms with Gasteiger partial charge in [-0.25, -0.2) is 0 Å². The standard InChI is InChI=1S/C10H12O2S/c1-7-9(5-6-12-7)13-10-4-2-3-8(10)11/h5-6,10H,2-4H2,1H3. The van der Waals surface area contributed by atoms with Crippen LogP contribution in [0.25, 0.3) is 0 Å². The second kappa shape index (κ2) is 3.58. The highest BCUT2D eigenvalue weighted by Crippen LogP contribution is 2.34. The van der Waals surface area contributed by atoms with E-state index in [9.17, 15) is 4.79 Å². The molecule has 1 aliphatic rings. The summed E-state index contributed by atoms with van der Waals surface area (Å²) in [6, 6.07) is 1.94. The monoisotopic (exact) mass is 196 g/mol. The van der Waals surface area contributed by atoms with Gasteiger partial charge in [0.1, 0.15) is 11.5 Å². The summed E-state index contributed by atoms with van der Waals surface area (Å²) in [4.78, 5) is 12.5. The molecule has 70 valence electrons. The quantitative estimate of drug-likeness (QED) is 0.728. The number of Topliss-reactive ketones (excluding diaryl/α,β-unsaturated/α-hetero) is 1. The Kier molecular flexibility index (Phi) is 2.44. The molecule has 0 bridgehead atoms. The van der Waals surface area contributed by atoms with Crippen molar-refractivity contribution in [2.24, 2.45) is 0 Å². The largest absolute Gasteiger partial charge is 0.468 e. The van der Waals surface area contributed by atoms with Gasteiger partial charge < -0.3 is 4.42 Å². The summed E-state index contributed by atoms with van der Waals surface area (Å²) >= 11 is 1.65. The molecule has 13 heavy (non-hydrogen) atoms. The van der Waals surface area contributed by atoms with E-state index in [4.69, 9.17) is 4.42 Å². The average Bonchev–Trinajstić information content (AvgIpc) is 2.65. The number of carbonyl (C=O) groups is 1. The molecular formula is C10H12O2S. The maximum absolute atomic E-state index is 11.4. The van der Waals surface area contributed by atoms with Crippen molar-refractivity contribution in [3.8, 4) is 0 Å². The zero-order valence-electron chi connectivity index (χ0n) is 7.58. The fourth-order valence-corrected chi connectivity index (χ4v) is 2.75. The smallest absolute Gasteiger partial charge is 0.146 e. The molecule has 0 amide bonds. The Morgan fingerprint density at radius 1 is 1.62 bits per heavy atom. The maximum Gasteiger partial charge on any atom is 0.146 e. The molecule has 1 saturated carbocycles. The molecule has 1 aromatic heterocycles. The molecule has 1 atom stereocenters. The van der Waals surface area contributed by atoms with E-state index in [1.807, 2.05) is 13.0 Å². The van der Waals surface area contributed by atoms with Crippen molar-refractivity contribution >= 4 is 17.5 Å². The fourth-order valence-electron chi connectivity index (χ4n) is 1.56. The molecule has 0 N–H and O–H groups in total. The molecule has 2 rings (SSSR count). The van der Waals surface area contributed by atoms with Gasteiger partial charge in [0.05, 0.1) is 11.5 Å². The van der Waals surface area contributed by atoms with Crippen molar-refractivity contribution in [3.63, 3.8) is 0 Å². The zero-order valence-corrected chi connectivity index (χ0v) is 8.39. The van der Waals surface area contributed by atoms with Crippen LogP contribution in [0.5, 0.6) is 0 Å². The fraction of sp³-hybridized carbons (Fsp3) is 0.500. The summed E-state index contributed by atoms with van der Waals surface area (Å²) < 4.78 is 5.18. The van der Waals surface area contributed by atoms with Gasteiger partial charge >= 0.3 is 0 Å². The van der Waals surface area contributed by atoms with Crippen molar-refractivity contribution in [2.75, 3.05) is 0 Å². The van der Waals surface area contributed by atoms with Gasteiger partial charge in [-0.05, 0) is 25.8 Å². The van der Waals surface area contributed by atoms with Gasteiger partial charge in [-0.15, -0.1) is 11.8 Å². The molecule has 0 saturated heterocycles. The Bertz CT molecular complexity index is 316. The number of furan rings is 1. The zero-order chi connectivity index (χ0) is 9.26. The van der Waals surface area contributed by atoms with Crippen LogP contribution in [0, 0.1) is 6.92 Å². The van der Waals surface area contributed by atoms with Crippen LogP contribution in [-0.2, 0) is 4.79 Å². The third-order valence-electron chi connectivity index (χ3n) is 2.33. The third kappa shape index (κ3) is 1.80. The molecule has 0 aromatic carbocycles. The van der Waals surface area contributed by atoms with Gasteiger partial charge in [-0.2, -0.15) is 0 Å². The van der Waals surface area contributed by atoms with Crippen LogP contribution in [0.2, 0.25) is 0 Å². The van der Waals surface area contributed by atoms with Crippen LogP contribution in [0.15, 0.2) is 21.6 Å². The number of hydrogen-bond donors (Lipinski definition) is 0. The van der Waals surface area contributed by atoms with Gasteiger partial charge in [-0.1, -0.05) is 0 Å². The topological polar surface area (TPSA) is 30.2 Å². The van der Waals surface area contributed by atoms with E-state index >= 15 is 0 Å². The molecule has 0 radical (unpaired) electrons. The molecular weight excluding hydrogens is 184 g/mol. The Hall–Kier alpha value is -0.700. The van der Waals surface area contributed by atoms with E-state index in [2.05, 4.69) is 0 Å². The second-order valence-electron chi connectivity index (χ2n) is 3.31. The minimum absolute atomic E-state index is 0.177. The predicted octanol–water partition coefficient (Wildman–Crippen LogP) is 2.80. The van der Waals surface area contributed by atoms with Crippen LogP contribution in [0.3, 0.4) is 0 Å². The first-order valence-electron chi connectivity index (χ1n) is 4.51. The Morgan fingerprint density at radius 2 is 2.46 bits per heavy atom. The third-order valence-corrected chi connectivity index (χ3v) is 3.79. The Labute approximate surface area is 81.7 Å².